The first-order valence-electron chi connectivity index (χ1n) is 16.3. The first-order valence-corrected chi connectivity index (χ1v) is 16.3. The first-order chi connectivity index (χ1) is 24.3. The number of benzene rings is 7. The summed E-state index contributed by atoms with van der Waals surface area (Å²) in [5.74, 6) is 3.18. The van der Waals surface area contributed by atoms with E-state index in [-0.39, 0.29) is 0 Å². The normalized spacial score (nSPS) is 11.8. The lowest BCUT2D eigenvalue weighted by molar-refractivity contribution is 0.491. The molecule has 0 atom stereocenters. The summed E-state index contributed by atoms with van der Waals surface area (Å²) in [5.41, 5.74) is 6.51. The molecule has 0 aliphatic carbocycles. The third kappa shape index (κ3) is 4.38. The van der Waals surface area contributed by atoms with Crippen LogP contribution < -0.4 is 4.74 Å². The predicted molar refractivity (Wildman–Crippen MR) is 197 cm³/mol. The molecule has 8 aromatic rings. The van der Waals surface area contributed by atoms with E-state index in [1.54, 1.807) is 0 Å². The zero-order chi connectivity index (χ0) is 32.3. The Kier molecular flexibility index (Phi) is 6.08. The van der Waals surface area contributed by atoms with Gasteiger partial charge in [0.25, 0.3) is 0 Å². The fraction of sp³-hybridized carbons (Fsp3) is 0. The number of aromatic nitrogens is 5. The molecule has 0 saturated carbocycles. The third-order valence-corrected chi connectivity index (χ3v) is 9.21. The Morgan fingerprint density at radius 3 is 1.65 bits per heavy atom. The van der Waals surface area contributed by atoms with E-state index in [9.17, 15) is 0 Å². The Morgan fingerprint density at radius 2 is 0.939 bits per heavy atom. The van der Waals surface area contributed by atoms with Gasteiger partial charge in [0.2, 0.25) is 5.95 Å². The second-order valence-corrected chi connectivity index (χ2v) is 12.1. The van der Waals surface area contributed by atoms with E-state index in [4.69, 9.17) is 19.7 Å². The van der Waals surface area contributed by atoms with E-state index < -0.39 is 0 Å². The van der Waals surface area contributed by atoms with Crippen LogP contribution in [-0.4, -0.2) is 24.1 Å². The average molecular weight is 630 g/mol. The Hall–Kier alpha value is -6.79. The molecule has 10 rings (SSSR count). The van der Waals surface area contributed by atoms with Crippen molar-refractivity contribution in [1.29, 1.82) is 0 Å². The molecular formula is C43H27N5O. The van der Waals surface area contributed by atoms with Gasteiger partial charge >= 0.3 is 0 Å². The van der Waals surface area contributed by atoms with Crippen LogP contribution >= 0.6 is 0 Å². The molecule has 1 aromatic heterocycles. The van der Waals surface area contributed by atoms with Gasteiger partial charge in [-0.1, -0.05) is 121 Å². The molecule has 3 heterocycles. The molecule has 0 radical (unpaired) electrons. The number of ether oxygens (including phenoxy) is 1. The largest absolute Gasteiger partial charge is 0.450 e. The van der Waals surface area contributed by atoms with E-state index in [2.05, 4.69) is 106 Å². The maximum atomic E-state index is 7.10. The number of para-hydroxylation sites is 3. The van der Waals surface area contributed by atoms with Gasteiger partial charge in [0.15, 0.2) is 23.1 Å². The minimum Gasteiger partial charge on any atom is -0.450 e. The van der Waals surface area contributed by atoms with Gasteiger partial charge in [-0.15, -0.1) is 0 Å². The second kappa shape index (κ2) is 10.9. The molecule has 0 saturated heterocycles. The van der Waals surface area contributed by atoms with Gasteiger partial charge in [0.1, 0.15) is 0 Å². The highest BCUT2D eigenvalue weighted by Crippen LogP contribution is 2.45. The SMILES string of the molecule is c1ccc(-c2nc(-c3ccccc3)nc(-n3c4ccc5ccc6cc5c4Oc4c3cccc4n(-c3ccccc3)c3ccccc63)n2)cc1. The van der Waals surface area contributed by atoms with Gasteiger partial charge in [-0.25, -0.2) is 4.98 Å². The maximum Gasteiger partial charge on any atom is 0.239 e. The standard InChI is InChI=1S/C43H27N5O/c1-4-13-29(14-5-1)41-44-42(30-15-6-2-7-16-30)46-43(45-41)48-37-22-12-21-36-40(37)49-39-34-27-31(24-23-28(34)25-26-38(39)48)33-19-10-11-20-35(33)47(36)32-17-8-3-9-18-32/h1-27H. The fourth-order valence-corrected chi connectivity index (χ4v) is 6.94. The van der Waals surface area contributed by atoms with Crippen LogP contribution in [0.15, 0.2) is 164 Å². The van der Waals surface area contributed by atoms with Crippen LogP contribution in [0.2, 0.25) is 0 Å². The van der Waals surface area contributed by atoms with E-state index in [0.717, 1.165) is 71.9 Å². The molecule has 2 aliphatic rings. The van der Waals surface area contributed by atoms with Crippen molar-refractivity contribution < 1.29 is 4.74 Å². The molecule has 6 nitrogen and oxygen atoms in total. The smallest absolute Gasteiger partial charge is 0.239 e. The van der Waals surface area contributed by atoms with Crippen LogP contribution in [0.25, 0.3) is 78.0 Å². The van der Waals surface area contributed by atoms with Crippen LogP contribution in [0.5, 0.6) is 11.5 Å². The second-order valence-electron chi connectivity index (χ2n) is 12.1. The van der Waals surface area contributed by atoms with Crippen LogP contribution in [0.1, 0.15) is 0 Å². The zero-order valence-corrected chi connectivity index (χ0v) is 26.2. The van der Waals surface area contributed by atoms with Crippen molar-refractivity contribution in [2.75, 3.05) is 0 Å². The number of hydrogen-bond donors (Lipinski definition) is 0. The Bertz CT molecular complexity index is 2730. The van der Waals surface area contributed by atoms with Crippen molar-refractivity contribution >= 4 is 43.6 Å². The molecule has 49 heavy (non-hydrogen) atoms. The fourth-order valence-electron chi connectivity index (χ4n) is 6.94. The highest BCUT2D eigenvalue weighted by molar-refractivity contribution is 6.06. The molecule has 0 amide bonds. The highest BCUT2D eigenvalue weighted by atomic mass is 16.5. The van der Waals surface area contributed by atoms with Crippen LogP contribution in [-0.2, 0) is 0 Å². The molecule has 230 valence electrons. The van der Waals surface area contributed by atoms with Crippen molar-refractivity contribution in [3.63, 3.8) is 0 Å². The zero-order valence-electron chi connectivity index (χ0n) is 26.2. The van der Waals surface area contributed by atoms with Crippen molar-refractivity contribution in [2.24, 2.45) is 0 Å². The van der Waals surface area contributed by atoms with E-state index >= 15 is 0 Å². The van der Waals surface area contributed by atoms with Crippen LogP contribution in [0.4, 0.5) is 0 Å². The van der Waals surface area contributed by atoms with Gasteiger partial charge in [0, 0.05) is 27.6 Å². The van der Waals surface area contributed by atoms with Gasteiger partial charge in [0.05, 0.1) is 22.1 Å². The summed E-state index contributed by atoms with van der Waals surface area (Å²) in [4.78, 5) is 15.3. The van der Waals surface area contributed by atoms with Gasteiger partial charge in [-0.05, 0) is 53.2 Å². The van der Waals surface area contributed by atoms with Gasteiger partial charge in [-0.2, -0.15) is 9.97 Å². The number of hydrogen-bond acceptors (Lipinski definition) is 4. The van der Waals surface area contributed by atoms with Crippen molar-refractivity contribution in [3.8, 4) is 45.9 Å². The number of nitrogens with zero attached hydrogens (tertiary/aromatic N) is 5. The summed E-state index contributed by atoms with van der Waals surface area (Å²) in [6.45, 7) is 0. The molecule has 6 heteroatoms. The molecule has 4 bridgehead atoms. The molecule has 0 spiro atoms. The van der Waals surface area contributed by atoms with Gasteiger partial charge in [-0.3, -0.25) is 4.57 Å². The monoisotopic (exact) mass is 629 g/mol. The Balaban J connectivity index is 1.42. The minimum atomic E-state index is 0.509. The number of fused-ring (bicyclic) bond motifs is 3. The predicted octanol–water partition coefficient (Wildman–Crippen LogP) is 10.6. The van der Waals surface area contributed by atoms with E-state index in [0.29, 0.717) is 17.6 Å². The summed E-state index contributed by atoms with van der Waals surface area (Å²) in [6, 6.07) is 56.3. The summed E-state index contributed by atoms with van der Waals surface area (Å²) in [6.07, 6.45) is 0. The Morgan fingerprint density at radius 1 is 0.388 bits per heavy atom. The van der Waals surface area contributed by atoms with Crippen molar-refractivity contribution in [3.05, 3.63) is 164 Å². The lowest BCUT2D eigenvalue weighted by atomic mass is 10.0. The summed E-state index contributed by atoms with van der Waals surface area (Å²) in [7, 11) is 0. The molecule has 2 aliphatic heterocycles. The molecule has 7 aromatic carbocycles. The topological polar surface area (TPSA) is 57.8 Å². The van der Waals surface area contributed by atoms with E-state index in [1.807, 2.05) is 66.7 Å². The molecule has 0 fully saturated rings. The van der Waals surface area contributed by atoms with Crippen molar-refractivity contribution in [1.82, 2.24) is 24.1 Å². The summed E-state index contributed by atoms with van der Waals surface area (Å²) < 4.78 is 11.5. The number of rotatable bonds is 4. The Labute approximate surface area is 281 Å². The molecule has 0 N–H and O–H groups in total. The minimum absolute atomic E-state index is 0.509. The van der Waals surface area contributed by atoms with Crippen LogP contribution in [0, 0.1) is 0 Å². The average Bonchev–Trinajstić information content (AvgIpc) is 3.18. The lowest BCUT2D eigenvalue weighted by Crippen LogP contribution is -2.12. The van der Waals surface area contributed by atoms with Gasteiger partial charge < -0.3 is 9.30 Å². The lowest BCUT2D eigenvalue weighted by Gasteiger charge is -2.25. The quantitative estimate of drug-likeness (QED) is 0.194. The summed E-state index contributed by atoms with van der Waals surface area (Å²) in [5, 5.41) is 4.35. The van der Waals surface area contributed by atoms with E-state index in [1.165, 1.54) is 0 Å². The maximum absolute atomic E-state index is 7.10. The van der Waals surface area contributed by atoms with Crippen LogP contribution in [0.3, 0.4) is 0 Å². The summed E-state index contributed by atoms with van der Waals surface area (Å²) >= 11 is 0. The van der Waals surface area contributed by atoms with Crippen molar-refractivity contribution in [2.45, 2.75) is 0 Å². The molecule has 0 unspecified atom stereocenters. The first kappa shape index (κ1) is 27.3. The molecular weight excluding hydrogens is 603 g/mol. The third-order valence-electron chi connectivity index (χ3n) is 9.21. The highest BCUT2D eigenvalue weighted by Gasteiger charge is 2.24.